The lowest BCUT2D eigenvalue weighted by atomic mass is 10.0. The molecule has 4 rings (SSSR count). The van der Waals surface area contributed by atoms with Gasteiger partial charge in [-0.15, -0.1) is 0 Å². The monoisotopic (exact) mass is 409 g/mol. The van der Waals surface area contributed by atoms with Gasteiger partial charge in [0.15, 0.2) is 0 Å². The van der Waals surface area contributed by atoms with Gasteiger partial charge in [0.1, 0.15) is 12.8 Å². The molecule has 2 amide bonds. The number of piperidine rings is 1. The predicted octanol–water partition coefficient (Wildman–Crippen LogP) is 2.44. The van der Waals surface area contributed by atoms with Crippen LogP contribution in [0, 0.1) is 0 Å². The van der Waals surface area contributed by atoms with Gasteiger partial charge in [0, 0.05) is 36.2 Å². The van der Waals surface area contributed by atoms with Crippen molar-refractivity contribution in [2.45, 2.75) is 25.4 Å². The van der Waals surface area contributed by atoms with E-state index in [9.17, 15) is 14.4 Å². The highest BCUT2D eigenvalue weighted by Crippen LogP contribution is 2.22. The number of hydrogen-bond acceptors (Lipinski definition) is 5. The van der Waals surface area contributed by atoms with Crippen LogP contribution in [0.25, 0.3) is 10.9 Å². The number of nitrogens with zero attached hydrogens (tertiary/aromatic N) is 2. The number of rotatable bonds is 5. The molecule has 1 aliphatic rings. The van der Waals surface area contributed by atoms with Crippen LogP contribution in [-0.4, -0.2) is 53.5 Å². The molecule has 0 aliphatic carbocycles. The van der Waals surface area contributed by atoms with Gasteiger partial charge in [-0.05, 0) is 25.0 Å². The number of carbonyl (C=O) groups is 3. The molecule has 0 unspecified atom stereocenters. The normalized spacial score (nSPS) is 14.6. The van der Waals surface area contributed by atoms with E-state index in [1.165, 1.54) is 19.6 Å². The number of amides is 2. The van der Waals surface area contributed by atoms with E-state index in [1.54, 1.807) is 21.7 Å². The Bertz CT molecular complexity index is 1060. The number of para-hydroxylation sites is 1. The van der Waals surface area contributed by atoms with Crippen LogP contribution in [0.5, 0.6) is 0 Å². The molecule has 1 aliphatic heterocycles. The molecule has 3 aromatic rings. The minimum atomic E-state index is -0.431. The summed E-state index contributed by atoms with van der Waals surface area (Å²) in [4.78, 5) is 38.8. The fourth-order valence-electron chi connectivity index (χ4n) is 3.87. The molecule has 0 atom stereocenters. The second-order valence-corrected chi connectivity index (χ2v) is 7.33. The molecule has 1 N–H and O–H groups in total. The predicted molar refractivity (Wildman–Crippen MR) is 109 cm³/mol. The summed E-state index contributed by atoms with van der Waals surface area (Å²) in [5, 5.41) is 3.80. The molecular formula is C22H23N3O5. The quantitative estimate of drug-likeness (QED) is 0.654. The number of nitrogens with one attached hydrogen (secondary N) is 1. The molecule has 0 spiro atoms. The summed E-state index contributed by atoms with van der Waals surface area (Å²) in [6, 6.07) is 9.08. The van der Waals surface area contributed by atoms with Gasteiger partial charge in [0.05, 0.1) is 24.5 Å². The largest absolute Gasteiger partial charge is 0.472 e. The molecule has 156 valence electrons. The fourth-order valence-corrected chi connectivity index (χ4v) is 3.87. The lowest BCUT2D eigenvalue weighted by Gasteiger charge is -2.32. The van der Waals surface area contributed by atoms with E-state index in [1.807, 2.05) is 24.3 Å². The van der Waals surface area contributed by atoms with Gasteiger partial charge in [0.2, 0.25) is 5.91 Å². The van der Waals surface area contributed by atoms with Crippen LogP contribution < -0.4 is 5.32 Å². The molecule has 1 saturated heterocycles. The number of aromatic nitrogens is 1. The molecule has 30 heavy (non-hydrogen) atoms. The second kappa shape index (κ2) is 8.44. The average Bonchev–Trinajstić information content (AvgIpc) is 3.42. The maximum absolute atomic E-state index is 12.6. The molecule has 8 heteroatoms. The van der Waals surface area contributed by atoms with Crippen LogP contribution in [0.4, 0.5) is 0 Å². The smallest absolute Gasteiger partial charge is 0.340 e. The topological polar surface area (TPSA) is 93.8 Å². The van der Waals surface area contributed by atoms with Crippen molar-refractivity contribution in [3.8, 4) is 0 Å². The first-order valence-corrected chi connectivity index (χ1v) is 9.84. The molecule has 0 saturated carbocycles. The highest BCUT2D eigenvalue weighted by atomic mass is 16.5. The summed E-state index contributed by atoms with van der Waals surface area (Å²) in [6.07, 6.45) is 5.96. The zero-order valence-corrected chi connectivity index (χ0v) is 16.7. The maximum atomic E-state index is 12.6. The van der Waals surface area contributed by atoms with Crippen LogP contribution in [0.2, 0.25) is 0 Å². The number of likely N-dealkylation sites (tertiary alicyclic amines) is 1. The maximum Gasteiger partial charge on any atom is 0.340 e. The van der Waals surface area contributed by atoms with Gasteiger partial charge < -0.3 is 23.9 Å². The Morgan fingerprint density at radius 1 is 1.17 bits per heavy atom. The number of carbonyl (C=O) groups excluding carboxylic acids is 3. The summed E-state index contributed by atoms with van der Waals surface area (Å²) < 4.78 is 11.6. The van der Waals surface area contributed by atoms with Gasteiger partial charge in [-0.1, -0.05) is 18.2 Å². The highest BCUT2D eigenvalue weighted by Gasteiger charge is 2.25. The standard InChI is InChI=1S/C22H23N3O5/c1-29-22(28)18-12-25(19-5-3-2-4-17(18)19)13-20(26)23-16-6-9-24(10-7-16)21(27)15-8-11-30-14-15/h2-5,8,11-12,14,16H,6-7,9-10,13H2,1H3,(H,23,26). The number of ether oxygens (including phenoxy) is 1. The van der Waals surface area contributed by atoms with E-state index < -0.39 is 5.97 Å². The molecule has 0 radical (unpaired) electrons. The van der Waals surface area contributed by atoms with E-state index in [-0.39, 0.29) is 24.4 Å². The van der Waals surface area contributed by atoms with Crippen LogP contribution in [0.15, 0.2) is 53.5 Å². The van der Waals surface area contributed by atoms with Crippen molar-refractivity contribution < 1.29 is 23.5 Å². The third kappa shape index (κ3) is 3.94. The van der Waals surface area contributed by atoms with Crippen LogP contribution in [0.1, 0.15) is 33.6 Å². The number of hydrogen-bond donors (Lipinski definition) is 1. The van der Waals surface area contributed by atoms with Crippen molar-refractivity contribution in [3.63, 3.8) is 0 Å². The number of methoxy groups -OCH3 is 1. The Labute approximate surface area is 173 Å². The van der Waals surface area contributed by atoms with Gasteiger partial charge in [0.25, 0.3) is 5.91 Å². The Morgan fingerprint density at radius 3 is 2.63 bits per heavy atom. The van der Waals surface area contributed by atoms with E-state index in [2.05, 4.69) is 5.32 Å². The summed E-state index contributed by atoms with van der Waals surface area (Å²) in [7, 11) is 1.34. The Kier molecular flexibility index (Phi) is 5.56. The van der Waals surface area contributed by atoms with Gasteiger partial charge in [-0.25, -0.2) is 4.79 Å². The zero-order valence-electron chi connectivity index (χ0n) is 16.7. The molecule has 8 nitrogen and oxygen atoms in total. The van der Waals surface area contributed by atoms with Crippen molar-refractivity contribution in [1.29, 1.82) is 0 Å². The highest BCUT2D eigenvalue weighted by molar-refractivity contribution is 6.04. The Balaban J connectivity index is 1.37. The first kappa shape index (κ1) is 19.8. The van der Waals surface area contributed by atoms with Gasteiger partial charge >= 0.3 is 5.97 Å². The summed E-state index contributed by atoms with van der Waals surface area (Å²) in [5.74, 6) is -0.616. The second-order valence-electron chi connectivity index (χ2n) is 7.33. The lowest BCUT2D eigenvalue weighted by molar-refractivity contribution is -0.122. The first-order chi connectivity index (χ1) is 14.6. The molecule has 1 fully saturated rings. The SMILES string of the molecule is COC(=O)c1cn(CC(=O)NC2CCN(C(=O)c3ccoc3)CC2)c2ccccc12. The minimum absolute atomic E-state index is 0.00723. The minimum Gasteiger partial charge on any atom is -0.472 e. The van der Waals surface area contributed by atoms with E-state index in [0.717, 1.165) is 10.9 Å². The number of esters is 1. The van der Waals surface area contributed by atoms with E-state index >= 15 is 0 Å². The van der Waals surface area contributed by atoms with Crippen molar-refractivity contribution in [2.75, 3.05) is 20.2 Å². The fraction of sp³-hybridized carbons (Fsp3) is 0.318. The third-order valence-electron chi connectivity index (χ3n) is 5.42. The number of fused-ring (bicyclic) bond motifs is 1. The molecular weight excluding hydrogens is 386 g/mol. The summed E-state index contributed by atoms with van der Waals surface area (Å²) >= 11 is 0. The molecule has 2 aromatic heterocycles. The molecule has 1 aromatic carbocycles. The van der Waals surface area contributed by atoms with Gasteiger partial charge in [-0.3, -0.25) is 9.59 Å². The Morgan fingerprint density at radius 2 is 1.93 bits per heavy atom. The summed E-state index contributed by atoms with van der Waals surface area (Å²) in [5.41, 5.74) is 1.78. The third-order valence-corrected chi connectivity index (χ3v) is 5.42. The van der Waals surface area contributed by atoms with Gasteiger partial charge in [-0.2, -0.15) is 0 Å². The van der Waals surface area contributed by atoms with Crippen LogP contribution >= 0.6 is 0 Å². The summed E-state index contributed by atoms with van der Waals surface area (Å²) in [6.45, 7) is 1.26. The Hall–Kier alpha value is -3.55. The van der Waals surface area contributed by atoms with Crippen molar-refractivity contribution in [3.05, 3.63) is 60.2 Å². The van der Waals surface area contributed by atoms with Crippen molar-refractivity contribution >= 4 is 28.7 Å². The van der Waals surface area contributed by atoms with E-state index in [0.29, 0.717) is 37.1 Å². The van der Waals surface area contributed by atoms with Crippen LogP contribution in [0.3, 0.4) is 0 Å². The van der Waals surface area contributed by atoms with Crippen molar-refractivity contribution in [2.24, 2.45) is 0 Å². The lowest BCUT2D eigenvalue weighted by Crippen LogP contribution is -2.47. The molecule has 0 bridgehead atoms. The first-order valence-electron chi connectivity index (χ1n) is 9.84. The number of benzene rings is 1. The van der Waals surface area contributed by atoms with Crippen molar-refractivity contribution in [1.82, 2.24) is 14.8 Å². The number of furan rings is 1. The zero-order chi connectivity index (χ0) is 21.1. The molecule has 3 heterocycles. The van der Waals surface area contributed by atoms with E-state index in [4.69, 9.17) is 9.15 Å². The van der Waals surface area contributed by atoms with Crippen LogP contribution in [-0.2, 0) is 16.1 Å². The average molecular weight is 409 g/mol.